The van der Waals surface area contributed by atoms with E-state index in [2.05, 4.69) is 11.7 Å². The number of methoxy groups -OCH3 is 1. The van der Waals surface area contributed by atoms with Crippen molar-refractivity contribution >= 4 is 5.97 Å². The lowest BCUT2D eigenvalue weighted by atomic mass is 9.86. The van der Waals surface area contributed by atoms with E-state index in [9.17, 15) is 9.90 Å². The van der Waals surface area contributed by atoms with Crippen LogP contribution in [0.5, 0.6) is 0 Å². The summed E-state index contributed by atoms with van der Waals surface area (Å²) in [7, 11) is 1.37. The quantitative estimate of drug-likeness (QED) is 0.706. The number of carbonyl (C=O) groups is 1. The zero-order chi connectivity index (χ0) is 10.8. The molecule has 0 saturated heterocycles. The van der Waals surface area contributed by atoms with E-state index in [1.807, 2.05) is 0 Å². The Hall–Kier alpha value is -0.570. The molecule has 0 aromatic rings. The van der Waals surface area contributed by atoms with Crippen LogP contribution in [0.1, 0.15) is 39.5 Å². The minimum absolute atomic E-state index is 0.302. The fraction of sp³-hybridized carbons (Fsp3) is 0.909. The van der Waals surface area contributed by atoms with Crippen molar-refractivity contribution < 1.29 is 14.6 Å². The SMILES string of the molecule is CCC1CCC(O)(C(C)C(=O)OC)C1. The molecule has 1 saturated carbocycles. The number of ether oxygens (including phenoxy) is 1. The van der Waals surface area contributed by atoms with Gasteiger partial charge in [0.1, 0.15) is 0 Å². The molecule has 14 heavy (non-hydrogen) atoms. The molecule has 1 N–H and O–H groups in total. The number of aliphatic hydroxyl groups is 1. The molecular weight excluding hydrogens is 180 g/mol. The van der Waals surface area contributed by atoms with Crippen molar-refractivity contribution in [3.05, 3.63) is 0 Å². The van der Waals surface area contributed by atoms with E-state index in [4.69, 9.17) is 0 Å². The third kappa shape index (κ3) is 2.08. The van der Waals surface area contributed by atoms with Gasteiger partial charge in [-0.05, 0) is 32.1 Å². The van der Waals surface area contributed by atoms with Gasteiger partial charge in [0.05, 0.1) is 18.6 Å². The molecule has 0 aromatic carbocycles. The maximum atomic E-state index is 11.3. The first-order valence-corrected chi connectivity index (χ1v) is 5.33. The van der Waals surface area contributed by atoms with E-state index < -0.39 is 11.5 Å². The number of hydrogen-bond donors (Lipinski definition) is 1. The fourth-order valence-corrected chi connectivity index (χ4v) is 2.30. The monoisotopic (exact) mass is 200 g/mol. The van der Waals surface area contributed by atoms with Gasteiger partial charge in [0.2, 0.25) is 0 Å². The minimum atomic E-state index is -0.826. The van der Waals surface area contributed by atoms with Crippen molar-refractivity contribution in [3.8, 4) is 0 Å². The molecule has 1 aliphatic rings. The second kappa shape index (κ2) is 4.30. The van der Waals surface area contributed by atoms with Gasteiger partial charge in [-0.25, -0.2) is 0 Å². The highest BCUT2D eigenvalue weighted by atomic mass is 16.5. The fourth-order valence-electron chi connectivity index (χ4n) is 2.30. The van der Waals surface area contributed by atoms with Gasteiger partial charge >= 0.3 is 5.97 Å². The van der Waals surface area contributed by atoms with Crippen molar-refractivity contribution in [1.82, 2.24) is 0 Å². The molecule has 1 rings (SSSR count). The second-order valence-electron chi connectivity index (χ2n) is 4.37. The van der Waals surface area contributed by atoms with E-state index in [0.717, 1.165) is 25.7 Å². The highest BCUT2D eigenvalue weighted by Crippen LogP contribution is 2.41. The van der Waals surface area contributed by atoms with Gasteiger partial charge in [-0.3, -0.25) is 4.79 Å². The summed E-state index contributed by atoms with van der Waals surface area (Å²) in [4.78, 5) is 11.3. The third-order valence-corrected chi connectivity index (χ3v) is 3.57. The van der Waals surface area contributed by atoms with Crippen LogP contribution in [0.15, 0.2) is 0 Å². The van der Waals surface area contributed by atoms with Gasteiger partial charge in [-0.2, -0.15) is 0 Å². The zero-order valence-electron chi connectivity index (χ0n) is 9.25. The maximum Gasteiger partial charge on any atom is 0.311 e. The average molecular weight is 200 g/mol. The van der Waals surface area contributed by atoms with E-state index in [1.54, 1.807) is 6.92 Å². The van der Waals surface area contributed by atoms with Gasteiger partial charge in [0.25, 0.3) is 0 Å². The van der Waals surface area contributed by atoms with E-state index >= 15 is 0 Å². The summed E-state index contributed by atoms with van der Waals surface area (Å²) < 4.78 is 4.66. The van der Waals surface area contributed by atoms with Crippen molar-refractivity contribution in [2.24, 2.45) is 11.8 Å². The molecule has 0 heterocycles. The summed E-state index contributed by atoms with van der Waals surface area (Å²) in [5.74, 6) is -0.139. The molecule has 82 valence electrons. The molecule has 1 aliphatic carbocycles. The molecule has 0 aromatic heterocycles. The Morgan fingerprint density at radius 2 is 2.36 bits per heavy atom. The Labute approximate surface area is 85.5 Å². The highest BCUT2D eigenvalue weighted by molar-refractivity contribution is 5.73. The van der Waals surface area contributed by atoms with Gasteiger partial charge < -0.3 is 9.84 Å². The summed E-state index contributed by atoms with van der Waals surface area (Å²) in [6, 6.07) is 0. The minimum Gasteiger partial charge on any atom is -0.469 e. The van der Waals surface area contributed by atoms with Gasteiger partial charge in [-0.15, -0.1) is 0 Å². The van der Waals surface area contributed by atoms with Crippen LogP contribution in [0, 0.1) is 11.8 Å². The molecular formula is C11H20O3. The Kier molecular flexibility index (Phi) is 3.53. The summed E-state index contributed by atoms with van der Waals surface area (Å²) in [5.41, 5.74) is -0.826. The van der Waals surface area contributed by atoms with Crippen LogP contribution in [0.3, 0.4) is 0 Å². The number of carbonyl (C=O) groups excluding carboxylic acids is 1. The van der Waals surface area contributed by atoms with Gasteiger partial charge in [-0.1, -0.05) is 13.3 Å². The molecule has 3 heteroatoms. The number of esters is 1. The summed E-state index contributed by atoms with van der Waals surface area (Å²) in [5, 5.41) is 10.3. The van der Waals surface area contributed by atoms with Crippen LogP contribution < -0.4 is 0 Å². The van der Waals surface area contributed by atoms with Crippen LogP contribution in [0.25, 0.3) is 0 Å². The standard InChI is InChI=1S/C11H20O3/c1-4-9-5-6-11(13,7-9)8(2)10(12)14-3/h8-9,13H,4-7H2,1-3H3. The maximum absolute atomic E-state index is 11.3. The average Bonchev–Trinajstić information content (AvgIpc) is 2.59. The van der Waals surface area contributed by atoms with Crippen LogP contribution in [-0.2, 0) is 9.53 Å². The lowest BCUT2D eigenvalue weighted by molar-refractivity contribution is -0.154. The van der Waals surface area contributed by atoms with E-state index in [1.165, 1.54) is 7.11 Å². The van der Waals surface area contributed by atoms with Crippen LogP contribution in [0.2, 0.25) is 0 Å². The molecule has 3 unspecified atom stereocenters. The topological polar surface area (TPSA) is 46.5 Å². The molecule has 3 atom stereocenters. The molecule has 0 amide bonds. The molecule has 0 bridgehead atoms. The molecule has 3 nitrogen and oxygen atoms in total. The molecule has 0 spiro atoms. The van der Waals surface area contributed by atoms with Gasteiger partial charge in [0.15, 0.2) is 0 Å². The number of hydrogen-bond acceptors (Lipinski definition) is 3. The first-order valence-electron chi connectivity index (χ1n) is 5.33. The van der Waals surface area contributed by atoms with Crippen LogP contribution in [0.4, 0.5) is 0 Å². The molecule has 0 aliphatic heterocycles. The predicted octanol–water partition coefficient (Wildman–Crippen LogP) is 1.74. The van der Waals surface area contributed by atoms with Crippen LogP contribution >= 0.6 is 0 Å². The summed E-state index contributed by atoms with van der Waals surface area (Å²) >= 11 is 0. The zero-order valence-corrected chi connectivity index (χ0v) is 9.25. The molecule has 1 fully saturated rings. The second-order valence-corrected chi connectivity index (χ2v) is 4.37. The lowest BCUT2D eigenvalue weighted by Gasteiger charge is -2.28. The summed E-state index contributed by atoms with van der Waals surface area (Å²) in [6.45, 7) is 3.88. The first-order chi connectivity index (χ1) is 6.53. The Balaban J connectivity index is 2.62. The van der Waals surface area contributed by atoms with Crippen molar-refractivity contribution in [3.63, 3.8) is 0 Å². The Bertz CT molecular complexity index is 215. The third-order valence-electron chi connectivity index (χ3n) is 3.57. The number of rotatable bonds is 3. The van der Waals surface area contributed by atoms with Crippen molar-refractivity contribution in [2.45, 2.75) is 45.1 Å². The normalized spacial score (nSPS) is 34.1. The molecule has 0 radical (unpaired) electrons. The smallest absolute Gasteiger partial charge is 0.311 e. The Morgan fingerprint density at radius 3 is 2.79 bits per heavy atom. The highest BCUT2D eigenvalue weighted by Gasteiger charge is 2.44. The van der Waals surface area contributed by atoms with Crippen molar-refractivity contribution in [1.29, 1.82) is 0 Å². The van der Waals surface area contributed by atoms with E-state index in [-0.39, 0.29) is 5.97 Å². The van der Waals surface area contributed by atoms with E-state index in [0.29, 0.717) is 5.92 Å². The summed E-state index contributed by atoms with van der Waals surface area (Å²) in [6.07, 6.45) is 3.56. The van der Waals surface area contributed by atoms with Gasteiger partial charge in [0, 0.05) is 0 Å². The largest absolute Gasteiger partial charge is 0.469 e. The van der Waals surface area contributed by atoms with Crippen LogP contribution in [-0.4, -0.2) is 23.8 Å². The Morgan fingerprint density at radius 1 is 1.71 bits per heavy atom. The lowest BCUT2D eigenvalue weighted by Crippen LogP contribution is -2.39. The predicted molar refractivity (Wildman–Crippen MR) is 53.8 cm³/mol. The first kappa shape index (κ1) is 11.5. The van der Waals surface area contributed by atoms with Crippen molar-refractivity contribution in [2.75, 3.05) is 7.11 Å².